The third-order valence-electron chi connectivity index (χ3n) is 2.89. The van der Waals surface area contributed by atoms with E-state index in [-0.39, 0.29) is 17.0 Å². The molecule has 0 saturated heterocycles. The van der Waals surface area contributed by atoms with Crippen molar-refractivity contribution in [1.29, 1.82) is 0 Å². The summed E-state index contributed by atoms with van der Waals surface area (Å²) in [6, 6.07) is 5.07. The Balaban J connectivity index is 2.88. The Bertz CT molecular complexity index is 492. The van der Waals surface area contributed by atoms with Crippen molar-refractivity contribution in [2.24, 2.45) is 5.92 Å². The van der Waals surface area contributed by atoms with Gasteiger partial charge in [0.1, 0.15) is 0 Å². The molecular weight excluding hydrogens is 268 g/mol. The van der Waals surface area contributed by atoms with Gasteiger partial charge in [-0.3, -0.25) is 0 Å². The lowest BCUT2D eigenvalue weighted by Crippen LogP contribution is -2.16. The van der Waals surface area contributed by atoms with E-state index in [0.717, 1.165) is 18.4 Å². The number of carbonyl (C=O) groups excluding carboxylic acids is 2. The second-order valence-electron chi connectivity index (χ2n) is 5.53. The fraction of sp³-hybridized carbons (Fsp3) is 0.529. The predicted molar refractivity (Wildman–Crippen MR) is 81.5 cm³/mol. The Hall–Kier alpha value is -1.84. The van der Waals surface area contributed by atoms with Crippen LogP contribution in [0.25, 0.3) is 0 Å². The van der Waals surface area contributed by atoms with Crippen molar-refractivity contribution in [2.45, 2.75) is 40.5 Å². The van der Waals surface area contributed by atoms with E-state index in [1.54, 1.807) is 18.2 Å². The molecule has 0 aromatic heterocycles. The van der Waals surface area contributed by atoms with Gasteiger partial charge in [0.25, 0.3) is 0 Å². The number of ether oxygens (including phenoxy) is 2. The maximum atomic E-state index is 12.1. The van der Waals surface area contributed by atoms with E-state index in [4.69, 9.17) is 9.47 Å². The number of hydrogen-bond acceptors (Lipinski definition) is 4. The minimum Gasteiger partial charge on any atom is -0.462 e. The molecular formula is C17H24O4. The molecule has 0 bridgehead atoms. The number of unbranched alkanes of at least 4 members (excludes halogenated alkanes) is 1. The molecule has 0 heterocycles. The van der Waals surface area contributed by atoms with Crippen LogP contribution in [0, 0.1) is 12.8 Å². The first-order valence-corrected chi connectivity index (χ1v) is 7.40. The molecule has 4 heteroatoms. The van der Waals surface area contributed by atoms with Gasteiger partial charge in [-0.25, -0.2) is 9.59 Å². The molecule has 1 aromatic carbocycles. The third kappa shape index (κ3) is 5.58. The maximum absolute atomic E-state index is 12.1. The molecule has 1 rings (SSSR count). The second-order valence-corrected chi connectivity index (χ2v) is 5.53. The van der Waals surface area contributed by atoms with Crippen molar-refractivity contribution in [3.8, 4) is 0 Å². The molecule has 0 aliphatic carbocycles. The second kappa shape index (κ2) is 8.45. The van der Waals surface area contributed by atoms with Crippen molar-refractivity contribution >= 4 is 11.9 Å². The van der Waals surface area contributed by atoms with Gasteiger partial charge in [-0.2, -0.15) is 0 Å². The maximum Gasteiger partial charge on any atom is 0.339 e. The zero-order chi connectivity index (χ0) is 15.8. The number of aryl methyl sites for hydroxylation is 1. The topological polar surface area (TPSA) is 52.6 Å². The molecule has 0 atom stereocenters. The van der Waals surface area contributed by atoms with Crippen molar-refractivity contribution < 1.29 is 19.1 Å². The standard InChI is InChI=1S/C17H24O4/c1-5-6-9-20-16(18)14-8-7-13(4)10-15(14)17(19)21-11-12(2)3/h7-8,10,12H,5-6,9,11H2,1-4H3. The molecule has 116 valence electrons. The van der Waals surface area contributed by atoms with Crippen molar-refractivity contribution in [1.82, 2.24) is 0 Å². The fourth-order valence-electron chi connectivity index (χ4n) is 1.71. The number of rotatable bonds is 7. The zero-order valence-electron chi connectivity index (χ0n) is 13.3. The molecule has 0 spiro atoms. The van der Waals surface area contributed by atoms with E-state index in [1.165, 1.54) is 0 Å². The summed E-state index contributed by atoms with van der Waals surface area (Å²) in [5.41, 5.74) is 1.44. The molecule has 0 fully saturated rings. The van der Waals surface area contributed by atoms with E-state index in [0.29, 0.717) is 13.2 Å². The lowest BCUT2D eigenvalue weighted by atomic mass is 10.0. The van der Waals surface area contributed by atoms with E-state index in [1.807, 2.05) is 27.7 Å². The lowest BCUT2D eigenvalue weighted by molar-refractivity contribution is 0.0428. The van der Waals surface area contributed by atoms with Gasteiger partial charge in [0.2, 0.25) is 0 Å². The number of esters is 2. The van der Waals surface area contributed by atoms with Gasteiger partial charge in [-0.1, -0.05) is 38.8 Å². The zero-order valence-corrected chi connectivity index (χ0v) is 13.3. The van der Waals surface area contributed by atoms with Gasteiger partial charge in [-0.05, 0) is 31.4 Å². The van der Waals surface area contributed by atoms with Crippen LogP contribution >= 0.6 is 0 Å². The predicted octanol–water partition coefficient (Wildman–Crippen LogP) is 3.76. The van der Waals surface area contributed by atoms with Crippen molar-refractivity contribution in [3.05, 3.63) is 34.9 Å². The Kier molecular flexibility index (Phi) is 6.92. The Morgan fingerprint density at radius 3 is 2.38 bits per heavy atom. The lowest BCUT2D eigenvalue weighted by Gasteiger charge is -2.11. The van der Waals surface area contributed by atoms with Crippen molar-refractivity contribution in [2.75, 3.05) is 13.2 Å². The molecule has 0 aliphatic heterocycles. The molecule has 4 nitrogen and oxygen atoms in total. The van der Waals surface area contributed by atoms with Crippen LogP contribution < -0.4 is 0 Å². The van der Waals surface area contributed by atoms with Crippen LogP contribution in [0.4, 0.5) is 0 Å². The SMILES string of the molecule is CCCCOC(=O)c1ccc(C)cc1C(=O)OCC(C)C. The van der Waals surface area contributed by atoms with Crippen LogP contribution in [0.5, 0.6) is 0 Å². The monoisotopic (exact) mass is 292 g/mol. The fourth-order valence-corrected chi connectivity index (χ4v) is 1.71. The first-order valence-electron chi connectivity index (χ1n) is 7.40. The van der Waals surface area contributed by atoms with Crippen LogP contribution in [0.1, 0.15) is 59.9 Å². The van der Waals surface area contributed by atoms with Crippen LogP contribution in [-0.2, 0) is 9.47 Å². The molecule has 0 unspecified atom stereocenters. The van der Waals surface area contributed by atoms with Crippen LogP contribution in [-0.4, -0.2) is 25.2 Å². The molecule has 1 aromatic rings. The largest absolute Gasteiger partial charge is 0.462 e. The van der Waals surface area contributed by atoms with Crippen LogP contribution in [0.2, 0.25) is 0 Å². The molecule has 21 heavy (non-hydrogen) atoms. The third-order valence-corrected chi connectivity index (χ3v) is 2.89. The normalized spacial score (nSPS) is 10.5. The number of benzene rings is 1. The summed E-state index contributed by atoms with van der Waals surface area (Å²) in [5, 5.41) is 0. The molecule has 0 radical (unpaired) electrons. The van der Waals surface area contributed by atoms with Gasteiger partial charge in [0.15, 0.2) is 0 Å². The van der Waals surface area contributed by atoms with Gasteiger partial charge in [0, 0.05) is 0 Å². The smallest absolute Gasteiger partial charge is 0.339 e. The van der Waals surface area contributed by atoms with E-state index < -0.39 is 11.9 Å². The molecule has 0 N–H and O–H groups in total. The van der Waals surface area contributed by atoms with Gasteiger partial charge < -0.3 is 9.47 Å². The first-order chi connectivity index (χ1) is 9.95. The number of carbonyl (C=O) groups is 2. The summed E-state index contributed by atoms with van der Waals surface area (Å²) in [5.74, 6) is -0.700. The average Bonchev–Trinajstić information content (AvgIpc) is 2.44. The summed E-state index contributed by atoms with van der Waals surface area (Å²) < 4.78 is 10.4. The first kappa shape index (κ1) is 17.2. The molecule has 0 saturated carbocycles. The van der Waals surface area contributed by atoms with E-state index in [9.17, 15) is 9.59 Å². The summed E-state index contributed by atoms with van der Waals surface area (Å²) in [6.45, 7) is 8.51. The highest BCUT2D eigenvalue weighted by Crippen LogP contribution is 2.15. The Morgan fingerprint density at radius 2 is 1.76 bits per heavy atom. The average molecular weight is 292 g/mol. The number of hydrogen-bond donors (Lipinski definition) is 0. The highest BCUT2D eigenvalue weighted by molar-refractivity contribution is 6.03. The summed E-state index contributed by atoms with van der Waals surface area (Å²) >= 11 is 0. The molecule has 0 aliphatic rings. The Morgan fingerprint density at radius 1 is 1.10 bits per heavy atom. The minimum atomic E-state index is -0.477. The quantitative estimate of drug-likeness (QED) is 0.567. The van der Waals surface area contributed by atoms with Crippen molar-refractivity contribution in [3.63, 3.8) is 0 Å². The van der Waals surface area contributed by atoms with Crippen LogP contribution in [0.15, 0.2) is 18.2 Å². The highest BCUT2D eigenvalue weighted by atomic mass is 16.5. The highest BCUT2D eigenvalue weighted by Gasteiger charge is 2.19. The van der Waals surface area contributed by atoms with Gasteiger partial charge >= 0.3 is 11.9 Å². The minimum absolute atomic E-state index is 0.249. The van der Waals surface area contributed by atoms with Gasteiger partial charge in [-0.15, -0.1) is 0 Å². The Labute approximate surface area is 126 Å². The summed E-state index contributed by atoms with van der Waals surface area (Å²) in [7, 11) is 0. The summed E-state index contributed by atoms with van der Waals surface area (Å²) in [6.07, 6.45) is 1.76. The summed E-state index contributed by atoms with van der Waals surface area (Å²) in [4.78, 5) is 24.2. The van der Waals surface area contributed by atoms with Crippen LogP contribution in [0.3, 0.4) is 0 Å². The van der Waals surface area contributed by atoms with E-state index >= 15 is 0 Å². The van der Waals surface area contributed by atoms with Gasteiger partial charge in [0.05, 0.1) is 24.3 Å². The molecule has 0 amide bonds. The van der Waals surface area contributed by atoms with E-state index in [2.05, 4.69) is 0 Å².